The molecule has 0 bridgehead atoms. The van der Waals surface area contributed by atoms with Gasteiger partial charge in [-0.05, 0) is 30.3 Å². The van der Waals surface area contributed by atoms with Crippen LogP contribution in [0.3, 0.4) is 0 Å². The molecule has 0 unspecified atom stereocenters. The molecule has 3 rings (SSSR count). The van der Waals surface area contributed by atoms with Gasteiger partial charge in [0.15, 0.2) is 0 Å². The predicted molar refractivity (Wildman–Crippen MR) is 84.6 cm³/mol. The highest BCUT2D eigenvalue weighted by atomic mass is 79.9. The van der Waals surface area contributed by atoms with E-state index in [1.807, 2.05) is 28.8 Å². The molecule has 0 aliphatic rings. The van der Waals surface area contributed by atoms with Crippen LogP contribution in [0, 0.1) is 0 Å². The molecule has 0 saturated carbocycles. The lowest BCUT2D eigenvalue weighted by atomic mass is 10.2. The molecule has 106 valence electrons. The number of fused-ring (bicyclic) bond motifs is 1. The van der Waals surface area contributed by atoms with Gasteiger partial charge in [-0.2, -0.15) is 0 Å². The Bertz CT molecular complexity index is 808. The molecule has 6 heteroatoms. The van der Waals surface area contributed by atoms with Gasteiger partial charge in [-0.25, -0.2) is 9.97 Å². The van der Waals surface area contributed by atoms with Gasteiger partial charge in [-0.3, -0.25) is 9.36 Å². The summed E-state index contributed by atoms with van der Waals surface area (Å²) >= 11 is 3.46. The van der Waals surface area contributed by atoms with Crippen LogP contribution in [0.15, 0.2) is 47.3 Å². The number of halogens is 1. The van der Waals surface area contributed by atoms with E-state index in [1.54, 1.807) is 32.7 Å². The number of benzene rings is 1. The van der Waals surface area contributed by atoms with Crippen molar-refractivity contribution in [3.05, 3.63) is 52.9 Å². The van der Waals surface area contributed by atoms with Crippen molar-refractivity contribution in [2.24, 2.45) is 0 Å². The van der Waals surface area contributed by atoms with E-state index in [4.69, 9.17) is 0 Å². The molecule has 3 aromatic rings. The number of imidazole rings is 1. The van der Waals surface area contributed by atoms with Crippen molar-refractivity contribution in [3.8, 4) is 5.82 Å². The molecular weight excluding hydrogens is 332 g/mol. The minimum Gasteiger partial charge on any atom is -0.345 e. The second-order valence-corrected chi connectivity index (χ2v) is 5.77. The van der Waals surface area contributed by atoms with Gasteiger partial charge in [0.25, 0.3) is 5.91 Å². The summed E-state index contributed by atoms with van der Waals surface area (Å²) in [6.07, 6.45) is 3.31. The highest BCUT2D eigenvalue weighted by molar-refractivity contribution is 9.10. The minimum absolute atomic E-state index is 0.0627. The molecule has 21 heavy (non-hydrogen) atoms. The Morgan fingerprint density at radius 3 is 2.67 bits per heavy atom. The SMILES string of the molecule is CN(C)C(=O)c1ccc(-n2cnc3ccc(Br)cc32)nc1. The molecule has 0 aliphatic heterocycles. The van der Waals surface area contributed by atoms with E-state index < -0.39 is 0 Å². The number of aromatic nitrogens is 3. The molecule has 1 amide bonds. The first-order chi connectivity index (χ1) is 10.1. The monoisotopic (exact) mass is 344 g/mol. The van der Waals surface area contributed by atoms with Crippen LogP contribution in [0.5, 0.6) is 0 Å². The van der Waals surface area contributed by atoms with Gasteiger partial charge in [0.1, 0.15) is 12.1 Å². The number of amides is 1. The average Bonchev–Trinajstić information content (AvgIpc) is 2.89. The zero-order chi connectivity index (χ0) is 15.0. The highest BCUT2D eigenvalue weighted by Crippen LogP contribution is 2.21. The Morgan fingerprint density at radius 1 is 1.19 bits per heavy atom. The number of carbonyl (C=O) groups excluding carboxylic acids is 1. The van der Waals surface area contributed by atoms with Crippen molar-refractivity contribution in [1.29, 1.82) is 0 Å². The van der Waals surface area contributed by atoms with Crippen LogP contribution in [-0.4, -0.2) is 39.4 Å². The smallest absolute Gasteiger partial charge is 0.254 e. The Hall–Kier alpha value is -2.21. The third kappa shape index (κ3) is 2.54. The van der Waals surface area contributed by atoms with Crippen molar-refractivity contribution >= 4 is 32.9 Å². The Morgan fingerprint density at radius 2 is 2.00 bits per heavy atom. The Labute approximate surface area is 130 Å². The lowest BCUT2D eigenvalue weighted by Crippen LogP contribution is -2.21. The maximum atomic E-state index is 11.9. The molecule has 0 aliphatic carbocycles. The summed E-state index contributed by atoms with van der Waals surface area (Å²) in [6.45, 7) is 0. The summed E-state index contributed by atoms with van der Waals surface area (Å²) in [5, 5.41) is 0. The fourth-order valence-electron chi connectivity index (χ4n) is 2.08. The third-order valence-electron chi connectivity index (χ3n) is 3.16. The van der Waals surface area contributed by atoms with E-state index in [1.165, 1.54) is 4.90 Å². The normalized spacial score (nSPS) is 10.8. The van der Waals surface area contributed by atoms with Gasteiger partial charge in [0, 0.05) is 24.8 Å². The second kappa shape index (κ2) is 5.29. The first-order valence-electron chi connectivity index (χ1n) is 6.37. The molecule has 0 spiro atoms. The number of nitrogens with zero attached hydrogens (tertiary/aromatic N) is 4. The number of hydrogen-bond donors (Lipinski definition) is 0. The maximum absolute atomic E-state index is 11.9. The molecule has 0 radical (unpaired) electrons. The van der Waals surface area contributed by atoms with Crippen molar-refractivity contribution in [2.75, 3.05) is 14.1 Å². The number of rotatable bonds is 2. The summed E-state index contributed by atoms with van der Waals surface area (Å²) in [4.78, 5) is 22.1. The van der Waals surface area contributed by atoms with Crippen LogP contribution in [0.2, 0.25) is 0 Å². The summed E-state index contributed by atoms with van der Waals surface area (Å²) < 4.78 is 2.88. The number of hydrogen-bond acceptors (Lipinski definition) is 3. The summed E-state index contributed by atoms with van der Waals surface area (Å²) in [7, 11) is 3.44. The van der Waals surface area contributed by atoms with Crippen molar-refractivity contribution in [3.63, 3.8) is 0 Å². The maximum Gasteiger partial charge on any atom is 0.254 e. The molecule has 0 N–H and O–H groups in total. The number of pyridine rings is 1. The van der Waals surface area contributed by atoms with E-state index in [-0.39, 0.29) is 5.91 Å². The van der Waals surface area contributed by atoms with E-state index in [9.17, 15) is 4.79 Å². The van der Waals surface area contributed by atoms with Gasteiger partial charge >= 0.3 is 0 Å². The van der Waals surface area contributed by atoms with E-state index in [2.05, 4.69) is 25.9 Å². The quantitative estimate of drug-likeness (QED) is 0.718. The van der Waals surface area contributed by atoms with Gasteiger partial charge < -0.3 is 4.90 Å². The molecule has 0 saturated heterocycles. The van der Waals surface area contributed by atoms with Crippen LogP contribution in [0.1, 0.15) is 10.4 Å². The lowest BCUT2D eigenvalue weighted by Gasteiger charge is -2.10. The van der Waals surface area contributed by atoms with E-state index in [0.717, 1.165) is 21.3 Å². The zero-order valence-electron chi connectivity index (χ0n) is 11.6. The predicted octanol–water partition coefficient (Wildman–Crippen LogP) is 2.88. The first-order valence-corrected chi connectivity index (χ1v) is 7.16. The fraction of sp³-hybridized carbons (Fsp3) is 0.133. The molecule has 1 aromatic carbocycles. The molecule has 0 atom stereocenters. The first kappa shape index (κ1) is 13.8. The molecule has 0 fully saturated rings. The van der Waals surface area contributed by atoms with Gasteiger partial charge in [-0.15, -0.1) is 0 Å². The topological polar surface area (TPSA) is 51.0 Å². The minimum atomic E-state index is -0.0627. The van der Waals surface area contributed by atoms with Gasteiger partial charge in [-0.1, -0.05) is 15.9 Å². The highest BCUT2D eigenvalue weighted by Gasteiger charge is 2.10. The third-order valence-corrected chi connectivity index (χ3v) is 3.65. The van der Waals surface area contributed by atoms with Gasteiger partial charge in [0.2, 0.25) is 0 Å². The fourth-order valence-corrected chi connectivity index (χ4v) is 2.43. The molecule has 5 nitrogen and oxygen atoms in total. The largest absolute Gasteiger partial charge is 0.345 e. The van der Waals surface area contributed by atoms with Gasteiger partial charge in [0.05, 0.1) is 16.6 Å². The molecular formula is C15H13BrN4O. The van der Waals surface area contributed by atoms with Crippen LogP contribution in [0.25, 0.3) is 16.9 Å². The van der Waals surface area contributed by atoms with Crippen LogP contribution in [-0.2, 0) is 0 Å². The van der Waals surface area contributed by atoms with Crippen LogP contribution >= 0.6 is 15.9 Å². The zero-order valence-corrected chi connectivity index (χ0v) is 13.2. The van der Waals surface area contributed by atoms with E-state index >= 15 is 0 Å². The van der Waals surface area contributed by atoms with Crippen molar-refractivity contribution in [1.82, 2.24) is 19.4 Å². The van der Waals surface area contributed by atoms with Crippen LogP contribution < -0.4 is 0 Å². The molecule has 2 aromatic heterocycles. The number of carbonyl (C=O) groups is 1. The van der Waals surface area contributed by atoms with Crippen molar-refractivity contribution in [2.45, 2.75) is 0 Å². The summed E-state index contributed by atoms with van der Waals surface area (Å²) in [6, 6.07) is 9.47. The standard InChI is InChI=1S/C15H13BrN4O/c1-19(2)15(21)10-3-6-14(17-8-10)20-9-18-12-5-4-11(16)7-13(12)20/h3-9H,1-2H3. The van der Waals surface area contributed by atoms with Crippen LogP contribution in [0.4, 0.5) is 0 Å². The summed E-state index contributed by atoms with van der Waals surface area (Å²) in [5.41, 5.74) is 2.42. The molecule has 2 heterocycles. The van der Waals surface area contributed by atoms with E-state index in [0.29, 0.717) is 5.56 Å². The second-order valence-electron chi connectivity index (χ2n) is 4.85. The lowest BCUT2D eigenvalue weighted by molar-refractivity contribution is 0.0827. The van der Waals surface area contributed by atoms with Crippen molar-refractivity contribution < 1.29 is 4.79 Å². The Balaban J connectivity index is 2.03. The summed E-state index contributed by atoms with van der Waals surface area (Å²) in [5.74, 6) is 0.665. The average molecular weight is 345 g/mol. The Kier molecular flexibility index (Phi) is 3.47.